The highest BCUT2D eigenvalue weighted by atomic mass is 35.5. The van der Waals surface area contributed by atoms with E-state index in [2.05, 4.69) is 10.6 Å². The number of anilines is 1. The van der Waals surface area contributed by atoms with Crippen LogP contribution in [0, 0.1) is 5.82 Å². The second-order valence-electron chi connectivity index (χ2n) is 7.25. The largest absolute Gasteiger partial charge is 0.362 e. The molecular formula is C23H20ClFN2O2. The quantitative estimate of drug-likeness (QED) is 0.741. The molecule has 1 atom stereocenters. The summed E-state index contributed by atoms with van der Waals surface area (Å²) in [6, 6.07) is 12.8. The van der Waals surface area contributed by atoms with Crippen molar-refractivity contribution in [2.24, 2.45) is 0 Å². The average Bonchev–Trinajstić information content (AvgIpc) is 2.69. The number of amides is 1. The molecule has 2 aliphatic rings. The first-order valence-corrected chi connectivity index (χ1v) is 9.89. The molecule has 0 spiro atoms. The van der Waals surface area contributed by atoms with E-state index in [0.29, 0.717) is 34.0 Å². The number of carbonyl (C=O) groups is 2. The summed E-state index contributed by atoms with van der Waals surface area (Å²) in [5.74, 6) is -1.25. The molecule has 1 aliphatic heterocycles. The SMILES string of the molecule is CC1=C(C(=O)Nc2ccc(F)cc2)[C@H](c2ccccc2Cl)C2=C(CCCC2=O)N1. The minimum Gasteiger partial charge on any atom is -0.362 e. The van der Waals surface area contributed by atoms with Gasteiger partial charge in [0.15, 0.2) is 5.78 Å². The van der Waals surface area contributed by atoms with Gasteiger partial charge >= 0.3 is 0 Å². The van der Waals surface area contributed by atoms with Crippen LogP contribution in [0.25, 0.3) is 0 Å². The minimum absolute atomic E-state index is 0.0308. The predicted molar refractivity (Wildman–Crippen MR) is 111 cm³/mol. The van der Waals surface area contributed by atoms with Crippen LogP contribution in [0.2, 0.25) is 5.02 Å². The van der Waals surface area contributed by atoms with E-state index in [1.807, 2.05) is 25.1 Å². The molecule has 0 saturated carbocycles. The molecule has 6 heteroatoms. The molecule has 0 unspecified atom stereocenters. The van der Waals surface area contributed by atoms with E-state index in [1.54, 1.807) is 6.07 Å². The van der Waals surface area contributed by atoms with Gasteiger partial charge in [0.2, 0.25) is 0 Å². The Labute approximate surface area is 173 Å². The molecule has 4 rings (SSSR count). The smallest absolute Gasteiger partial charge is 0.254 e. The number of nitrogens with one attached hydrogen (secondary N) is 2. The van der Waals surface area contributed by atoms with Crippen LogP contribution < -0.4 is 10.6 Å². The number of halogens is 2. The number of dihydropyridines is 1. The Hall–Kier alpha value is -2.92. The topological polar surface area (TPSA) is 58.2 Å². The molecule has 2 N–H and O–H groups in total. The van der Waals surface area contributed by atoms with Gasteiger partial charge in [-0.05, 0) is 55.7 Å². The van der Waals surface area contributed by atoms with Crippen LogP contribution in [0.15, 0.2) is 71.1 Å². The maximum absolute atomic E-state index is 13.3. The van der Waals surface area contributed by atoms with Crippen LogP contribution in [0.3, 0.4) is 0 Å². The van der Waals surface area contributed by atoms with Gasteiger partial charge in [-0.1, -0.05) is 29.8 Å². The lowest BCUT2D eigenvalue weighted by molar-refractivity contribution is -0.116. The molecule has 1 heterocycles. The fourth-order valence-electron chi connectivity index (χ4n) is 4.04. The normalized spacial score (nSPS) is 19.0. The maximum Gasteiger partial charge on any atom is 0.254 e. The number of allylic oxidation sites excluding steroid dienone is 3. The molecule has 29 heavy (non-hydrogen) atoms. The van der Waals surface area contributed by atoms with Crippen LogP contribution in [0.5, 0.6) is 0 Å². The Balaban J connectivity index is 1.80. The molecule has 2 aromatic rings. The second kappa shape index (κ2) is 7.84. The summed E-state index contributed by atoms with van der Waals surface area (Å²) in [5.41, 5.74) is 3.80. The third kappa shape index (κ3) is 3.70. The van der Waals surface area contributed by atoms with Crippen molar-refractivity contribution in [3.63, 3.8) is 0 Å². The first-order chi connectivity index (χ1) is 14.0. The zero-order valence-electron chi connectivity index (χ0n) is 15.9. The van der Waals surface area contributed by atoms with E-state index in [9.17, 15) is 14.0 Å². The summed E-state index contributed by atoms with van der Waals surface area (Å²) in [6.45, 7) is 1.83. The Kier molecular flexibility index (Phi) is 5.24. The van der Waals surface area contributed by atoms with Crippen LogP contribution in [-0.4, -0.2) is 11.7 Å². The number of benzene rings is 2. The summed E-state index contributed by atoms with van der Waals surface area (Å²) in [6.07, 6.45) is 1.99. The number of hydrogen-bond donors (Lipinski definition) is 2. The molecule has 2 aromatic carbocycles. The number of rotatable bonds is 3. The van der Waals surface area contributed by atoms with Crippen LogP contribution >= 0.6 is 11.6 Å². The summed E-state index contributed by atoms with van der Waals surface area (Å²) >= 11 is 6.48. The van der Waals surface area contributed by atoms with E-state index in [-0.39, 0.29) is 17.5 Å². The molecule has 0 bridgehead atoms. The minimum atomic E-state index is -0.548. The summed E-state index contributed by atoms with van der Waals surface area (Å²) < 4.78 is 13.2. The molecular weight excluding hydrogens is 391 g/mol. The number of Topliss-reactive ketones (excluding diaryl/α,β-unsaturated/α-hetero) is 1. The van der Waals surface area contributed by atoms with Crippen molar-refractivity contribution in [3.8, 4) is 0 Å². The monoisotopic (exact) mass is 410 g/mol. The van der Waals surface area contributed by atoms with Crippen LogP contribution in [-0.2, 0) is 9.59 Å². The highest BCUT2D eigenvalue weighted by molar-refractivity contribution is 6.31. The molecule has 0 saturated heterocycles. The second-order valence-corrected chi connectivity index (χ2v) is 7.66. The van der Waals surface area contributed by atoms with Gasteiger partial charge in [-0.3, -0.25) is 9.59 Å². The van der Waals surface area contributed by atoms with Gasteiger partial charge in [-0.2, -0.15) is 0 Å². The lowest BCUT2D eigenvalue weighted by atomic mass is 9.75. The lowest BCUT2D eigenvalue weighted by Crippen LogP contribution is -2.35. The number of hydrogen-bond acceptors (Lipinski definition) is 3. The third-order valence-electron chi connectivity index (χ3n) is 5.34. The van der Waals surface area contributed by atoms with E-state index < -0.39 is 5.92 Å². The zero-order chi connectivity index (χ0) is 20.5. The van der Waals surface area contributed by atoms with Crippen molar-refractivity contribution in [1.29, 1.82) is 0 Å². The van der Waals surface area contributed by atoms with E-state index in [4.69, 9.17) is 11.6 Å². The Bertz CT molecular complexity index is 1060. The average molecular weight is 411 g/mol. The standard InChI is InChI=1S/C23H20ClFN2O2/c1-13-20(23(29)27-15-11-9-14(25)10-12-15)21(16-5-2-3-6-17(16)24)22-18(26-13)7-4-8-19(22)28/h2-3,5-6,9-12,21,26H,4,7-8H2,1H3,(H,27,29)/t21-/m0/s1. The van der Waals surface area contributed by atoms with E-state index in [1.165, 1.54) is 24.3 Å². The van der Waals surface area contributed by atoms with Crippen molar-refractivity contribution >= 4 is 29.0 Å². The molecule has 0 aromatic heterocycles. The molecule has 1 aliphatic carbocycles. The summed E-state index contributed by atoms with van der Waals surface area (Å²) in [7, 11) is 0. The molecule has 148 valence electrons. The lowest BCUT2D eigenvalue weighted by Gasteiger charge is -2.34. The zero-order valence-corrected chi connectivity index (χ0v) is 16.6. The van der Waals surface area contributed by atoms with Gasteiger partial charge in [0.25, 0.3) is 5.91 Å². The Morgan fingerprint density at radius 2 is 1.86 bits per heavy atom. The maximum atomic E-state index is 13.3. The van der Waals surface area contributed by atoms with Gasteiger partial charge in [-0.15, -0.1) is 0 Å². The third-order valence-corrected chi connectivity index (χ3v) is 5.68. The summed E-state index contributed by atoms with van der Waals surface area (Å²) in [4.78, 5) is 26.1. The number of carbonyl (C=O) groups excluding carboxylic acids is 2. The number of ketones is 1. The van der Waals surface area contributed by atoms with E-state index >= 15 is 0 Å². The highest BCUT2D eigenvalue weighted by Gasteiger charge is 2.39. The fourth-order valence-corrected chi connectivity index (χ4v) is 4.28. The molecule has 0 radical (unpaired) electrons. The van der Waals surface area contributed by atoms with Gasteiger partial charge < -0.3 is 10.6 Å². The first-order valence-electron chi connectivity index (χ1n) is 9.51. The van der Waals surface area contributed by atoms with Crippen molar-refractivity contribution in [2.45, 2.75) is 32.1 Å². The van der Waals surface area contributed by atoms with Gasteiger partial charge in [0, 0.05) is 45.6 Å². The molecule has 0 fully saturated rings. The highest BCUT2D eigenvalue weighted by Crippen LogP contribution is 2.44. The van der Waals surface area contributed by atoms with Crippen molar-refractivity contribution < 1.29 is 14.0 Å². The van der Waals surface area contributed by atoms with Gasteiger partial charge in [0.1, 0.15) is 5.82 Å². The van der Waals surface area contributed by atoms with Crippen LogP contribution in [0.1, 0.15) is 37.7 Å². The van der Waals surface area contributed by atoms with Crippen molar-refractivity contribution in [3.05, 3.63) is 87.5 Å². The summed E-state index contributed by atoms with van der Waals surface area (Å²) in [5, 5.41) is 6.59. The van der Waals surface area contributed by atoms with Gasteiger partial charge in [-0.25, -0.2) is 4.39 Å². The van der Waals surface area contributed by atoms with Gasteiger partial charge in [0.05, 0.1) is 0 Å². The van der Waals surface area contributed by atoms with E-state index in [0.717, 1.165) is 24.1 Å². The first kappa shape index (κ1) is 19.4. The Morgan fingerprint density at radius 1 is 1.14 bits per heavy atom. The fraction of sp³-hybridized carbons (Fsp3) is 0.217. The van der Waals surface area contributed by atoms with Crippen molar-refractivity contribution in [1.82, 2.24) is 5.32 Å². The molecule has 1 amide bonds. The van der Waals surface area contributed by atoms with Crippen molar-refractivity contribution in [2.75, 3.05) is 5.32 Å². The Morgan fingerprint density at radius 3 is 2.59 bits per heavy atom. The molecule has 4 nitrogen and oxygen atoms in total. The predicted octanol–water partition coefficient (Wildman–Crippen LogP) is 5.09. The van der Waals surface area contributed by atoms with Crippen LogP contribution in [0.4, 0.5) is 10.1 Å².